The first-order chi connectivity index (χ1) is 7.53. The highest BCUT2D eigenvalue weighted by Crippen LogP contribution is 2.01. The van der Waals surface area contributed by atoms with Gasteiger partial charge in [-0.2, -0.15) is 0 Å². The Morgan fingerprint density at radius 2 is 1.25 bits per heavy atom. The summed E-state index contributed by atoms with van der Waals surface area (Å²) < 4.78 is 0. The topological polar surface area (TPSA) is 16.1 Å². The van der Waals surface area contributed by atoms with Crippen molar-refractivity contribution in [2.75, 3.05) is 19.6 Å². The minimum Gasteiger partial charge on any atom is -0.304 e. The standard InChI is InChI=1S/C8H11N.C6H15N/c1-6-4-7(2)9-8(3)5-6;1-4-7(5-2)6-3/h4-5H,1-3H3;4-6H2,1-3H3. The Hall–Kier alpha value is -0.890. The molecule has 0 aliphatic heterocycles. The number of nitrogens with zero attached hydrogens (tertiary/aromatic N) is 2. The van der Waals surface area contributed by atoms with Crippen LogP contribution in [0, 0.1) is 20.8 Å². The third-order valence-electron chi connectivity index (χ3n) is 2.57. The summed E-state index contributed by atoms with van der Waals surface area (Å²) in [7, 11) is 0. The zero-order chi connectivity index (χ0) is 12.6. The van der Waals surface area contributed by atoms with Gasteiger partial charge in [0.15, 0.2) is 0 Å². The summed E-state index contributed by atoms with van der Waals surface area (Å²) in [5.41, 5.74) is 3.50. The normalized spacial score (nSPS) is 9.94. The minimum atomic E-state index is 1.10. The fourth-order valence-electron chi connectivity index (χ4n) is 1.71. The summed E-state index contributed by atoms with van der Waals surface area (Å²) in [5, 5.41) is 0. The molecule has 1 heterocycles. The van der Waals surface area contributed by atoms with Crippen LogP contribution < -0.4 is 0 Å². The summed E-state index contributed by atoms with van der Waals surface area (Å²) in [6.07, 6.45) is 0. The van der Waals surface area contributed by atoms with Crippen molar-refractivity contribution in [1.29, 1.82) is 0 Å². The van der Waals surface area contributed by atoms with E-state index in [9.17, 15) is 0 Å². The lowest BCUT2D eigenvalue weighted by molar-refractivity contribution is 0.321. The molecule has 0 spiro atoms. The van der Waals surface area contributed by atoms with Crippen molar-refractivity contribution in [2.24, 2.45) is 0 Å². The molecule has 2 nitrogen and oxygen atoms in total. The van der Waals surface area contributed by atoms with E-state index in [4.69, 9.17) is 0 Å². The molecule has 1 aromatic rings. The molecule has 92 valence electrons. The van der Waals surface area contributed by atoms with E-state index in [0.29, 0.717) is 0 Å². The van der Waals surface area contributed by atoms with Crippen molar-refractivity contribution in [1.82, 2.24) is 9.88 Å². The molecular formula is C14H26N2. The van der Waals surface area contributed by atoms with E-state index in [1.165, 1.54) is 25.2 Å². The second kappa shape index (κ2) is 8.28. The lowest BCUT2D eigenvalue weighted by Gasteiger charge is -2.13. The van der Waals surface area contributed by atoms with Gasteiger partial charge in [-0.25, -0.2) is 0 Å². The maximum atomic E-state index is 4.23. The van der Waals surface area contributed by atoms with Crippen LogP contribution in [-0.4, -0.2) is 29.5 Å². The summed E-state index contributed by atoms with van der Waals surface area (Å²) in [4.78, 5) is 6.61. The van der Waals surface area contributed by atoms with Gasteiger partial charge in [0.25, 0.3) is 0 Å². The molecule has 1 aromatic heterocycles. The van der Waals surface area contributed by atoms with Crippen molar-refractivity contribution < 1.29 is 0 Å². The van der Waals surface area contributed by atoms with Crippen LogP contribution in [0.2, 0.25) is 0 Å². The molecule has 16 heavy (non-hydrogen) atoms. The average Bonchev–Trinajstić information content (AvgIpc) is 2.19. The predicted octanol–water partition coefficient (Wildman–Crippen LogP) is 3.35. The van der Waals surface area contributed by atoms with Gasteiger partial charge in [-0.05, 0) is 58.1 Å². The Balaban J connectivity index is 0.000000293. The van der Waals surface area contributed by atoms with E-state index < -0.39 is 0 Å². The fourth-order valence-corrected chi connectivity index (χ4v) is 1.71. The van der Waals surface area contributed by atoms with Crippen molar-refractivity contribution in [3.8, 4) is 0 Å². The van der Waals surface area contributed by atoms with E-state index in [0.717, 1.165) is 11.4 Å². The lowest BCUT2D eigenvalue weighted by atomic mass is 10.2. The summed E-state index contributed by atoms with van der Waals surface area (Å²) in [6.45, 7) is 16.2. The highest BCUT2D eigenvalue weighted by atomic mass is 15.1. The van der Waals surface area contributed by atoms with Gasteiger partial charge in [-0.1, -0.05) is 20.8 Å². The summed E-state index contributed by atoms with van der Waals surface area (Å²) >= 11 is 0. The van der Waals surface area contributed by atoms with Gasteiger partial charge in [0.05, 0.1) is 0 Å². The van der Waals surface area contributed by atoms with Crippen LogP contribution in [0.1, 0.15) is 37.7 Å². The molecule has 0 atom stereocenters. The second-order valence-electron chi connectivity index (χ2n) is 4.05. The third-order valence-corrected chi connectivity index (χ3v) is 2.57. The van der Waals surface area contributed by atoms with Crippen molar-refractivity contribution in [3.05, 3.63) is 29.1 Å². The van der Waals surface area contributed by atoms with Crippen LogP contribution in [0.15, 0.2) is 12.1 Å². The van der Waals surface area contributed by atoms with Gasteiger partial charge < -0.3 is 4.90 Å². The summed E-state index contributed by atoms with van der Waals surface area (Å²) in [5.74, 6) is 0. The van der Waals surface area contributed by atoms with Crippen LogP contribution in [0.4, 0.5) is 0 Å². The Labute approximate surface area is 101 Å². The Morgan fingerprint density at radius 1 is 0.875 bits per heavy atom. The highest BCUT2D eigenvalue weighted by Gasteiger charge is 1.89. The quantitative estimate of drug-likeness (QED) is 0.779. The lowest BCUT2D eigenvalue weighted by Crippen LogP contribution is -2.21. The first-order valence-corrected chi connectivity index (χ1v) is 6.17. The smallest absolute Gasteiger partial charge is 0.0378 e. The zero-order valence-corrected chi connectivity index (χ0v) is 11.7. The molecule has 2 heteroatoms. The van der Waals surface area contributed by atoms with Gasteiger partial charge in [0.1, 0.15) is 0 Å². The maximum absolute atomic E-state index is 4.23. The van der Waals surface area contributed by atoms with Crippen LogP contribution in [0.25, 0.3) is 0 Å². The van der Waals surface area contributed by atoms with E-state index in [1.54, 1.807) is 0 Å². The summed E-state index contributed by atoms with van der Waals surface area (Å²) in [6, 6.07) is 4.15. The fraction of sp³-hybridized carbons (Fsp3) is 0.643. The van der Waals surface area contributed by atoms with Crippen molar-refractivity contribution >= 4 is 0 Å². The van der Waals surface area contributed by atoms with Crippen molar-refractivity contribution in [3.63, 3.8) is 0 Å². The number of aryl methyl sites for hydroxylation is 3. The van der Waals surface area contributed by atoms with Gasteiger partial charge in [0, 0.05) is 11.4 Å². The largest absolute Gasteiger partial charge is 0.304 e. The number of pyridine rings is 1. The van der Waals surface area contributed by atoms with Gasteiger partial charge in [0.2, 0.25) is 0 Å². The number of aromatic nitrogens is 1. The molecule has 0 bridgehead atoms. The van der Waals surface area contributed by atoms with Crippen LogP contribution in [0.5, 0.6) is 0 Å². The van der Waals surface area contributed by atoms with Gasteiger partial charge >= 0.3 is 0 Å². The maximum Gasteiger partial charge on any atom is 0.0378 e. The molecule has 0 radical (unpaired) electrons. The Morgan fingerprint density at radius 3 is 1.44 bits per heavy atom. The molecular weight excluding hydrogens is 196 g/mol. The molecule has 1 rings (SSSR count). The van der Waals surface area contributed by atoms with Gasteiger partial charge in [-0.3, -0.25) is 4.98 Å². The molecule has 0 aliphatic carbocycles. The van der Waals surface area contributed by atoms with E-state index in [1.807, 2.05) is 13.8 Å². The van der Waals surface area contributed by atoms with Crippen molar-refractivity contribution in [2.45, 2.75) is 41.5 Å². The number of rotatable bonds is 3. The zero-order valence-electron chi connectivity index (χ0n) is 11.7. The Kier molecular flexibility index (Phi) is 7.82. The minimum absolute atomic E-state index is 1.10. The third kappa shape index (κ3) is 6.57. The van der Waals surface area contributed by atoms with E-state index in [-0.39, 0.29) is 0 Å². The van der Waals surface area contributed by atoms with Crippen LogP contribution in [0.3, 0.4) is 0 Å². The van der Waals surface area contributed by atoms with E-state index >= 15 is 0 Å². The SMILES string of the molecule is CCN(CC)CC.Cc1cc(C)nc(C)c1. The number of hydrogen-bond acceptors (Lipinski definition) is 2. The van der Waals surface area contributed by atoms with E-state index in [2.05, 4.69) is 49.7 Å². The van der Waals surface area contributed by atoms with Gasteiger partial charge in [-0.15, -0.1) is 0 Å². The van der Waals surface area contributed by atoms with Crippen LogP contribution in [-0.2, 0) is 0 Å². The molecule has 0 aliphatic rings. The molecule has 0 saturated heterocycles. The average molecular weight is 222 g/mol. The molecule has 0 aromatic carbocycles. The molecule has 0 N–H and O–H groups in total. The van der Waals surface area contributed by atoms with Crippen LogP contribution >= 0.6 is 0 Å². The predicted molar refractivity (Wildman–Crippen MR) is 71.9 cm³/mol. The first kappa shape index (κ1) is 15.1. The second-order valence-corrected chi connectivity index (χ2v) is 4.05. The molecule has 0 saturated carbocycles. The molecule has 0 unspecified atom stereocenters. The Bertz CT molecular complexity index is 235. The molecule has 0 amide bonds. The molecule has 0 fully saturated rings. The monoisotopic (exact) mass is 222 g/mol. The number of hydrogen-bond donors (Lipinski definition) is 0. The highest BCUT2D eigenvalue weighted by molar-refractivity contribution is 5.18. The first-order valence-electron chi connectivity index (χ1n) is 6.17.